The zero-order valence-electron chi connectivity index (χ0n) is 32.9. The summed E-state index contributed by atoms with van der Waals surface area (Å²) in [5.74, 6) is 6.38. The minimum absolute atomic E-state index is 0.421. The Bertz CT molecular complexity index is 1450. The van der Waals surface area contributed by atoms with E-state index in [-0.39, 0.29) is 0 Å². The van der Waals surface area contributed by atoms with Gasteiger partial charge < -0.3 is 9.47 Å². The zero-order valence-corrected chi connectivity index (χ0v) is 32.9. The maximum Gasteiger partial charge on any atom is 0.119 e. The Morgan fingerprint density at radius 1 is 0.745 bits per heavy atom. The van der Waals surface area contributed by atoms with Crippen molar-refractivity contribution >= 4 is 0 Å². The van der Waals surface area contributed by atoms with Gasteiger partial charge in [-0.05, 0) is 146 Å². The van der Waals surface area contributed by atoms with Crippen LogP contribution in [0.15, 0.2) is 60.2 Å². The van der Waals surface area contributed by atoms with Gasteiger partial charge in [0.1, 0.15) is 5.75 Å². The van der Waals surface area contributed by atoms with Gasteiger partial charge in [-0.3, -0.25) is 0 Å². The average molecular weight is 692 g/mol. The topological polar surface area (TPSA) is 42.2 Å². The summed E-state index contributed by atoms with van der Waals surface area (Å²) in [5, 5.41) is 9.01. The monoisotopic (exact) mass is 692 g/mol. The van der Waals surface area contributed by atoms with E-state index in [0.717, 1.165) is 72.0 Å². The van der Waals surface area contributed by atoms with Crippen molar-refractivity contribution in [2.24, 2.45) is 46.3 Å². The van der Waals surface area contributed by atoms with Crippen molar-refractivity contribution in [1.82, 2.24) is 0 Å². The highest BCUT2D eigenvalue weighted by Gasteiger charge is 2.59. The smallest absolute Gasteiger partial charge is 0.119 e. The van der Waals surface area contributed by atoms with Crippen LogP contribution >= 0.6 is 0 Å². The van der Waals surface area contributed by atoms with Gasteiger partial charge in [-0.1, -0.05) is 115 Å². The van der Waals surface area contributed by atoms with E-state index < -0.39 is 0 Å². The normalized spacial score (nSPS) is 30.5. The number of nitriles is 1. The first-order chi connectivity index (χ1) is 24.7. The lowest BCUT2D eigenvalue weighted by Crippen LogP contribution is -2.51. The molecular weight excluding hydrogens is 623 g/mol. The molecule has 6 rings (SSSR count). The SMILES string of the molecule is CC(C)CCC[C@@H](C)[C@H]1CC[C@H]2[C@@H]3CC=C4C[C@@H](OCCCCCCCCOc5ccc(-c6ccc(C#N)cc6)cc5)CC[C@]4(C)[C@H]3CC[C@]12C. The fourth-order valence-corrected chi connectivity index (χ4v) is 11.6. The summed E-state index contributed by atoms with van der Waals surface area (Å²) in [6.45, 7) is 14.5. The number of ether oxygens (including phenoxy) is 2. The maximum absolute atomic E-state index is 9.01. The lowest BCUT2D eigenvalue weighted by atomic mass is 9.47. The third kappa shape index (κ3) is 8.98. The molecule has 3 nitrogen and oxygen atoms in total. The van der Waals surface area contributed by atoms with Crippen molar-refractivity contribution in [1.29, 1.82) is 5.26 Å². The lowest BCUT2D eigenvalue weighted by molar-refractivity contribution is -0.0641. The minimum Gasteiger partial charge on any atom is -0.494 e. The highest BCUT2D eigenvalue weighted by Crippen LogP contribution is 2.67. The van der Waals surface area contributed by atoms with E-state index in [1.807, 2.05) is 36.4 Å². The highest BCUT2D eigenvalue weighted by atomic mass is 16.5. The summed E-state index contributed by atoms with van der Waals surface area (Å²) in [5.41, 5.74) is 5.72. The first-order valence-corrected chi connectivity index (χ1v) is 21.3. The Morgan fingerprint density at radius 3 is 2.14 bits per heavy atom. The summed E-state index contributed by atoms with van der Waals surface area (Å²) in [6, 6.07) is 18.2. The standard InChI is InChI=1S/C48H69NO2/c1-35(2)13-12-14-36(3)44-25-26-45-43-24-21-40-33-42(27-29-47(40,4)46(43)28-30-48(44,45)5)51-32-11-9-7-6-8-10-31-50-41-22-19-39(20-23-41)38-17-15-37(34-49)16-18-38/h15-23,35-36,42-46H,6-14,24-33H2,1-5H3/t36-,42+,43+,44-,45+,46+,47+,48-/m1/s1. The third-order valence-corrected chi connectivity index (χ3v) is 14.6. The Balaban J connectivity index is 0.848. The van der Waals surface area contributed by atoms with Gasteiger partial charge in [0, 0.05) is 6.61 Å². The molecule has 3 saturated carbocycles. The number of nitrogens with zero attached hydrogens (tertiary/aromatic N) is 1. The fourth-order valence-electron chi connectivity index (χ4n) is 11.6. The number of benzene rings is 2. The van der Waals surface area contributed by atoms with Gasteiger partial charge in [0.25, 0.3) is 0 Å². The van der Waals surface area contributed by atoms with Crippen LogP contribution in [0.2, 0.25) is 0 Å². The third-order valence-electron chi connectivity index (χ3n) is 14.6. The molecule has 2 aromatic carbocycles. The Kier molecular flexibility index (Phi) is 13.1. The summed E-state index contributed by atoms with van der Waals surface area (Å²) >= 11 is 0. The summed E-state index contributed by atoms with van der Waals surface area (Å²) in [7, 11) is 0. The molecule has 4 aliphatic carbocycles. The minimum atomic E-state index is 0.421. The number of fused-ring (bicyclic) bond motifs is 5. The van der Waals surface area contributed by atoms with E-state index in [0.29, 0.717) is 22.5 Å². The Morgan fingerprint density at radius 2 is 1.43 bits per heavy atom. The molecule has 0 spiro atoms. The second kappa shape index (κ2) is 17.5. The van der Waals surface area contributed by atoms with Gasteiger partial charge in [0.15, 0.2) is 0 Å². The van der Waals surface area contributed by atoms with E-state index in [1.165, 1.54) is 103 Å². The van der Waals surface area contributed by atoms with Crippen molar-refractivity contribution in [3.05, 3.63) is 65.7 Å². The zero-order chi connectivity index (χ0) is 35.8. The highest BCUT2D eigenvalue weighted by molar-refractivity contribution is 5.64. The van der Waals surface area contributed by atoms with Crippen LogP contribution in [0.25, 0.3) is 11.1 Å². The molecule has 0 heterocycles. The van der Waals surface area contributed by atoms with Crippen LogP contribution in [-0.2, 0) is 4.74 Å². The number of unbranched alkanes of at least 4 members (excludes halogenated alkanes) is 5. The van der Waals surface area contributed by atoms with Crippen molar-refractivity contribution in [3.8, 4) is 22.9 Å². The number of hydrogen-bond donors (Lipinski definition) is 0. The number of allylic oxidation sites excluding steroid dienone is 1. The van der Waals surface area contributed by atoms with Crippen LogP contribution in [-0.4, -0.2) is 19.3 Å². The van der Waals surface area contributed by atoms with Gasteiger partial charge >= 0.3 is 0 Å². The van der Waals surface area contributed by atoms with Gasteiger partial charge in [0.2, 0.25) is 0 Å². The summed E-state index contributed by atoms with van der Waals surface area (Å²) in [6.07, 6.45) is 25.8. The predicted octanol–water partition coefficient (Wildman–Crippen LogP) is 13.4. The Labute approximate surface area is 312 Å². The van der Waals surface area contributed by atoms with Crippen LogP contribution in [0, 0.1) is 57.7 Å². The first kappa shape index (κ1) is 38.2. The average Bonchev–Trinajstić information content (AvgIpc) is 3.50. The molecule has 0 radical (unpaired) electrons. The van der Waals surface area contributed by atoms with Crippen LogP contribution < -0.4 is 4.74 Å². The van der Waals surface area contributed by atoms with E-state index in [1.54, 1.807) is 5.57 Å². The molecule has 0 N–H and O–H groups in total. The van der Waals surface area contributed by atoms with Crippen LogP contribution in [0.5, 0.6) is 5.75 Å². The van der Waals surface area contributed by atoms with E-state index in [2.05, 4.69) is 58.9 Å². The van der Waals surface area contributed by atoms with E-state index in [4.69, 9.17) is 14.7 Å². The molecule has 8 atom stereocenters. The summed E-state index contributed by atoms with van der Waals surface area (Å²) < 4.78 is 12.6. The van der Waals surface area contributed by atoms with E-state index in [9.17, 15) is 0 Å². The molecule has 51 heavy (non-hydrogen) atoms. The molecule has 0 aromatic heterocycles. The van der Waals surface area contributed by atoms with Crippen molar-refractivity contribution in [2.75, 3.05) is 13.2 Å². The molecule has 0 aliphatic heterocycles. The fraction of sp³-hybridized carbons (Fsp3) is 0.688. The van der Waals surface area contributed by atoms with Crippen molar-refractivity contribution < 1.29 is 9.47 Å². The molecule has 0 saturated heterocycles. The second-order valence-corrected chi connectivity index (χ2v) is 18.2. The van der Waals surface area contributed by atoms with Gasteiger partial charge in [-0.15, -0.1) is 0 Å². The molecule has 2 aromatic rings. The predicted molar refractivity (Wildman–Crippen MR) is 213 cm³/mol. The molecule has 4 aliphatic rings. The van der Waals surface area contributed by atoms with Gasteiger partial charge in [0.05, 0.1) is 24.3 Å². The molecular formula is C48H69NO2. The molecule has 3 fully saturated rings. The van der Waals surface area contributed by atoms with Crippen molar-refractivity contribution in [2.45, 2.75) is 150 Å². The van der Waals surface area contributed by atoms with Gasteiger partial charge in [-0.2, -0.15) is 5.26 Å². The second-order valence-electron chi connectivity index (χ2n) is 18.2. The molecule has 0 amide bonds. The molecule has 0 unspecified atom stereocenters. The largest absolute Gasteiger partial charge is 0.494 e. The quantitative estimate of drug-likeness (QED) is 0.122. The van der Waals surface area contributed by atoms with Gasteiger partial charge in [-0.25, -0.2) is 0 Å². The van der Waals surface area contributed by atoms with Crippen LogP contribution in [0.3, 0.4) is 0 Å². The van der Waals surface area contributed by atoms with Crippen LogP contribution in [0.1, 0.15) is 149 Å². The van der Waals surface area contributed by atoms with E-state index >= 15 is 0 Å². The summed E-state index contributed by atoms with van der Waals surface area (Å²) in [4.78, 5) is 0. The lowest BCUT2D eigenvalue weighted by Gasteiger charge is -2.58. The number of rotatable bonds is 17. The molecule has 3 heteroatoms. The first-order valence-electron chi connectivity index (χ1n) is 21.3. The molecule has 278 valence electrons. The maximum atomic E-state index is 9.01. The number of hydrogen-bond acceptors (Lipinski definition) is 3. The van der Waals surface area contributed by atoms with Crippen LogP contribution in [0.4, 0.5) is 0 Å². The Hall–Kier alpha value is -2.57. The van der Waals surface area contributed by atoms with Crippen molar-refractivity contribution in [3.63, 3.8) is 0 Å². The molecule has 0 bridgehead atoms.